The third-order valence-corrected chi connectivity index (χ3v) is 13.8. The summed E-state index contributed by atoms with van der Waals surface area (Å²) in [4.78, 5) is 30.8. The zero-order valence-corrected chi connectivity index (χ0v) is 38.1. The summed E-state index contributed by atoms with van der Waals surface area (Å²) in [6, 6.07) is 31.5. The van der Waals surface area contributed by atoms with E-state index in [-0.39, 0.29) is 44.1 Å². The lowest BCUT2D eigenvalue weighted by Gasteiger charge is -2.39. The second-order valence-corrected chi connectivity index (χ2v) is 18.2. The van der Waals surface area contributed by atoms with E-state index in [0.717, 1.165) is 21.6 Å². The van der Waals surface area contributed by atoms with Gasteiger partial charge < -0.3 is 29.0 Å². The summed E-state index contributed by atoms with van der Waals surface area (Å²) in [5, 5.41) is 14.0. The number of carbonyl (C=O) groups excluding carboxylic acids is 1. The minimum Gasteiger partial charge on any atom is -0.497 e. The van der Waals surface area contributed by atoms with Crippen LogP contribution in [0.15, 0.2) is 113 Å². The van der Waals surface area contributed by atoms with Crippen LogP contribution in [0, 0.1) is 11.3 Å². The molecule has 3 heterocycles. The molecule has 0 aliphatic carbocycles. The highest BCUT2D eigenvalue weighted by Gasteiger charge is 2.54. The number of nitrogens with one attached hydrogen (secondary N) is 1. The molecule has 6 rings (SSSR count). The lowest BCUT2D eigenvalue weighted by Crippen LogP contribution is -2.44. The lowest BCUT2D eigenvalue weighted by atomic mass is 9.80. The van der Waals surface area contributed by atoms with Crippen molar-refractivity contribution in [3.63, 3.8) is 0 Å². The Morgan fingerprint density at radius 2 is 1.54 bits per heavy atom. The maximum absolute atomic E-state index is 15.5. The molecule has 1 aliphatic heterocycles. The Labute approximate surface area is 372 Å². The van der Waals surface area contributed by atoms with E-state index < -0.39 is 49.5 Å². The van der Waals surface area contributed by atoms with Crippen LogP contribution in [0.1, 0.15) is 68.8 Å². The van der Waals surface area contributed by atoms with Gasteiger partial charge in [0.2, 0.25) is 5.91 Å². The lowest BCUT2D eigenvalue weighted by molar-refractivity contribution is -0.114. The fourth-order valence-electron chi connectivity index (χ4n) is 7.76. The van der Waals surface area contributed by atoms with Gasteiger partial charge in [0.25, 0.3) is 0 Å². The van der Waals surface area contributed by atoms with E-state index in [1.54, 1.807) is 18.9 Å². The van der Waals surface area contributed by atoms with Crippen molar-refractivity contribution in [3.8, 4) is 17.6 Å². The van der Waals surface area contributed by atoms with E-state index in [9.17, 15) is 14.9 Å². The van der Waals surface area contributed by atoms with Crippen LogP contribution in [-0.2, 0) is 44.8 Å². The first kappa shape index (κ1) is 47.3. The normalized spacial score (nSPS) is 18.6. The third-order valence-electron chi connectivity index (χ3n) is 10.4. The molecule has 0 spiro atoms. The van der Waals surface area contributed by atoms with Crippen LogP contribution in [0.5, 0.6) is 11.5 Å². The Bertz CT molecular complexity index is 2340. The minimum absolute atomic E-state index is 0.0446. The first-order valence-corrected chi connectivity index (χ1v) is 22.9. The zero-order chi connectivity index (χ0) is 45.1. The van der Waals surface area contributed by atoms with Gasteiger partial charge in [0, 0.05) is 30.1 Å². The summed E-state index contributed by atoms with van der Waals surface area (Å²) >= 11 is 1.48. The fourth-order valence-corrected chi connectivity index (χ4v) is 10.7. The van der Waals surface area contributed by atoms with Crippen molar-refractivity contribution in [2.24, 2.45) is 0 Å². The Balaban J connectivity index is 1.53. The Hall–Kier alpha value is -5.21. The van der Waals surface area contributed by atoms with Crippen molar-refractivity contribution in [1.82, 2.24) is 14.2 Å². The molecule has 63 heavy (non-hydrogen) atoms. The van der Waals surface area contributed by atoms with Crippen molar-refractivity contribution >= 4 is 30.8 Å². The standard InChI is InChI=1S/C46H54N5O10PS/c1-31(2)51(32(3)4)62(54,59-27-12-25-47)61-42-40(60-44(43(42)57-29-39-15-11-28-63-39)50-26-24-41(48-33(5)52)49-45(50)53)30-58-46(34-13-9-8-10-14-34,35-16-20-37(55-6)21-17-35)36-18-22-38(56-7)23-19-36/h8-11,13-24,26,28,31-32,40,42-44H,12,27,29-30H2,1-7H3,(H,48,49,52,53)/t40-,42-,43-,44-,62?/m1/s1. The molecule has 5 atom stereocenters. The van der Waals surface area contributed by atoms with Crippen molar-refractivity contribution in [1.29, 1.82) is 5.26 Å². The molecule has 5 aromatic rings. The SMILES string of the molecule is COc1ccc(C(OC[C@H]2O[C@@H](n3ccc(NC(C)=O)nc3=O)[C@H](OCc3cccs3)[C@@H]2OP(=O)(OCCC#N)N(C(C)C)C(C)C)(c2ccccc2)c2ccc(OC)cc2)cc1. The van der Waals surface area contributed by atoms with Crippen LogP contribution in [0.4, 0.5) is 5.82 Å². The number of ether oxygens (including phenoxy) is 5. The fraction of sp³-hybridized carbons (Fsp3) is 0.391. The Morgan fingerprint density at radius 3 is 2.06 bits per heavy atom. The van der Waals surface area contributed by atoms with Crippen molar-refractivity contribution in [2.45, 2.75) is 89.9 Å². The van der Waals surface area contributed by atoms with Gasteiger partial charge in [-0.15, -0.1) is 11.3 Å². The molecular weight excluding hydrogens is 846 g/mol. The van der Waals surface area contributed by atoms with Crippen LogP contribution in [0.25, 0.3) is 0 Å². The number of aromatic nitrogens is 2. The van der Waals surface area contributed by atoms with Gasteiger partial charge in [-0.1, -0.05) is 60.7 Å². The number of nitrogens with zero attached hydrogens (tertiary/aromatic N) is 4. The van der Waals surface area contributed by atoms with Crippen LogP contribution in [0.3, 0.4) is 0 Å². The monoisotopic (exact) mass is 899 g/mol. The topological polar surface area (TPSA) is 173 Å². The maximum atomic E-state index is 15.5. The highest BCUT2D eigenvalue weighted by molar-refractivity contribution is 7.51. The molecule has 1 unspecified atom stereocenters. The van der Waals surface area contributed by atoms with Gasteiger partial charge in [-0.3, -0.25) is 18.4 Å². The van der Waals surface area contributed by atoms with E-state index in [2.05, 4.69) is 16.4 Å². The molecule has 0 radical (unpaired) electrons. The highest BCUT2D eigenvalue weighted by Crippen LogP contribution is 2.58. The quantitative estimate of drug-likeness (QED) is 0.0424. The second-order valence-electron chi connectivity index (χ2n) is 15.3. The first-order chi connectivity index (χ1) is 30.3. The molecule has 1 N–H and O–H groups in total. The van der Waals surface area contributed by atoms with Gasteiger partial charge in [0.1, 0.15) is 41.2 Å². The predicted molar refractivity (Wildman–Crippen MR) is 239 cm³/mol. The Kier molecular flexibility index (Phi) is 16.1. The van der Waals surface area contributed by atoms with E-state index in [4.69, 9.17) is 32.7 Å². The van der Waals surface area contributed by atoms with Crippen LogP contribution in [0.2, 0.25) is 0 Å². The summed E-state index contributed by atoms with van der Waals surface area (Å²) in [7, 11) is -1.10. The molecule has 3 aromatic carbocycles. The summed E-state index contributed by atoms with van der Waals surface area (Å²) < 4.78 is 63.3. The predicted octanol–water partition coefficient (Wildman–Crippen LogP) is 8.31. The average molecular weight is 900 g/mol. The summed E-state index contributed by atoms with van der Waals surface area (Å²) in [5.74, 6) is 0.943. The molecule has 0 saturated carbocycles. The number of nitriles is 1. The number of rotatable bonds is 21. The molecule has 0 bridgehead atoms. The minimum atomic E-state index is -4.30. The van der Waals surface area contributed by atoms with Crippen LogP contribution in [-0.4, -0.2) is 78.0 Å². The number of hydrogen-bond acceptors (Lipinski definition) is 13. The van der Waals surface area contributed by atoms with Crippen LogP contribution >= 0.6 is 19.1 Å². The number of carbonyl (C=O) groups is 1. The number of hydrogen-bond donors (Lipinski definition) is 1. The van der Waals surface area contributed by atoms with Gasteiger partial charge in [0.15, 0.2) is 6.23 Å². The van der Waals surface area contributed by atoms with Gasteiger partial charge in [-0.2, -0.15) is 10.2 Å². The molecule has 1 amide bonds. The third kappa shape index (κ3) is 10.9. The first-order valence-electron chi connectivity index (χ1n) is 20.6. The maximum Gasteiger partial charge on any atom is 0.409 e. The van der Waals surface area contributed by atoms with Gasteiger partial charge in [-0.25, -0.2) is 14.0 Å². The smallest absolute Gasteiger partial charge is 0.409 e. The molecule has 1 saturated heterocycles. The zero-order valence-electron chi connectivity index (χ0n) is 36.4. The van der Waals surface area contributed by atoms with Crippen molar-refractivity contribution in [3.05, 3.63) is 141 Å². The Morgan fingerprint density at radius 1 is 0.921 bits per heavy atom. The van der Waals surface area contributed by atoms with E-state index in [1.165, 1.54) is 35.1 Å². The van der Waals surface area contributed by atoms with E-state index in [1.807, 2.05) is 124 Å². The summed E-state index contributed by atoms with van der Waals surface area (Å²) in [5.41, 5.74) is 0.241. The van der Waals surface area contributed by atoms with Gasteiger partial charge in [-0.05, 0) is 86.2 Å². The molecule has 334 valence electrons. The number of anilines is 1. The van der Waals surface area contributed by atoms with Gasteiger partial charge in [0.05, 0.1) is 46.5 Å². The molecule has 2 aromatic heterocycles. The van der Waals surface area contributed by atoms with Crippen molar-refractivity contribution in [2.75, 3.05) is 32.8 Å². The van der Waals surface area contributed by atoms with E-state index >= 15 is 4.57 Å². The average Bonchev–Trinajstić information content (AvgIpc) is 3.91. The van der Waals surface area contributed by atoms with E-state index in [0.29, 0.717) is 11.5 Å². The number of benzene rings is 3. The highest BCUT2D eigenvalue weighted by atomic mass is 32.1. The number of thiophene rings is 1. The number of amides is 1. The second kappa shape index (κ2) is 21.4. The van der Waals surface area contributed by atoms with Gasteiger partial charge >= 0.3 is 13.4 Å². The molecule has 1 fully saturated rings. The molecule has 15 nitrogen and oxygen atoms in total. The largest absolute Gasteiger partial charge is 0.497 e. The summed E-state index contributed by atoms with van der Waals surface area (Å²) in [6.45, 7) is 8.53. The molecule has 1 aliphatic rings. The molecular formula is C46H54N5O10PS. The van der Waals surface area contributed by atoms with Crippen molar-refractivity contribution < 1.29 is 42.1 Å². The summed E-state index contributed by atoms with van der Waals surface area (Å²) in [6.07, 6.45) is -3.22. The van der Waals surface area contributed by atoms with Crippen LogP contribution < -0.4 is 20.5 Å². The molecule has 17 heteroatoms. The number of methoxy groups -OCH3 is 2.